The Hall–Kier alpha value is -2.62. The Balaban J connectivity index is 3.49. The first-order valence-corrected chi connectivity index (χ1v) is 14.8. The van der Waals surface area contributed by atoms with Gasteiger partial charge in [0.2, 0.25) is 0 Å². The van der Waals surface area contributed by atoms with Crippen molar-refractivity contribution in [2.24, 2.45) is 0 Å². The van der Waals surface area contributed by atoms with Gasteiger partial charge in [-0.1, -0.05) is 137 Å². The molecule has 0 unspecified atom stereocenters. The van der Waals surface area contributed by atoms with Crippen LogP contribution in [0.3, 0.4) is 0 Å². The average molecular weight is 527 g/mol. The van der Waals surface area contributed by atoms with Gasteiger partial charge in [0.15, 0.2) is 0 Å². The van der Waals surface area contributed by atoms with Gasteiger partial charge < -0.3 is 9.47 Å². The molecule has 0 heterocycles. The van der Waals surface area contributed by atoms with E-state index in [-0.39, 0.29) is 11.9 Å². The molecule has 0 spiro atoms. The number of methoxy groups -OCH3 is 2. The third-order valence-corrected chi connectivity index (χ3v) is 6.23. The molecule has 0 saturated carbocycles. The van der Waals surface area contributed by atoms with Crippen molar-refractivity contribution in [2.75, 3.05) is 14.2 Å². The highest BCUT2D eigenvalue weighted by atomic mass is 16.5. The van der Waals surface area contributed by atoms with Crippen molar-refractivity contribution in [1.29, 1.82) is 0 Å². The third kappa shape index (κ3) is 29.6. The number of hydrogen-bond donors (Lipinski definition) is 0. The van der Waals surface area contributed by atoms with Crippen LogP contribution >= 0.6 is 0 Å². The van der Waals surface area contributed by atoms with E-state index in [1.165, 1.54) is 78.4 Å². The molecule has 0 bridgehead atoms. The first-order chi connectivity index (χ1) is 18.7. The van der Waals surface area contributed by atoms with Crippen molar-refractivity contribution < 1.29 is 19.1 Å². The zero-order chi connectivity index (χ0) is 27.8. The summed E-state index contributed by atoms with van der Waals surface area (Å²) < 4.78 is 9.30. The number of ether oxygens (including phenoxy) is 2. The molecule has 0 aromatic heterocycles. The maximum atomic E-state index is 11.0. The highest BCUT2D eigenvalue weighted by Crippen LogP contribution is 2.11. The number of carbonyl (C=O) groups excluding carboxylic acids is 2. The average Bonchev–Trinajstić information content (AvgIpc) is 2.93. The van der Waals surface area contributed by atoms with Gasteiger partial charge in [0.25, 0.3) is 0 Å². The number of allylic oxidation sites excluding steroid dienone is 12. The van der Waals surface area contributed by atoms with Gasteiger partial charge in [-0.15, -0.1) is 0 Å². The molecule has 214 valence electrons. The van der Waals surface area contributed by atoms with Crippen molar-refractivity contribution in [3.63, 3.8) is 0 Å². The molecule has 0 atom stereocenters. The SMILES string of the molecule is COC(=O)CCCCCCCCC/C=C/C=C/C=C/C=C/C=C/C=C/CCCCCCCCCC(=O)OC. The summed E-state index contributed by atoms with van der Waals surface area (Å²) in [6.45, 7) is 0. The van der Waals surface area contributed by atoms with Gasteiger partial charge in [-0.2, -0.15) is 0 Å². The summed E-state index contributed by atoms with van der Waals surface area (Å²) in [5, 5.41) is 0. The molecule has 0 aliphatic rings. The van der Waals surface area contributed by atoms with Crippen molar-refractivity contribution in [1.82, 2.24) is 0 Å². The standard InChI is InChI=1S/C34H54O4/c1-37-33(35)31-29-27-25-23-21-19-17-15-13-11-9-7-5-3-4-6-8-10-12-14-16-18-20-22-24-26-28-30-32-34(36)38-2/h3-14H,15-32H2,1-2H3/b5-3+,6-4+,9-7+,10-8+,13-11+,14-12+. The van der Waals surface area contributed by atoms with Crippen molar-refractivity contribution >= 4 is 11.9 Å². The summed E-state index contributed by atoms with van der Waals surface area (Å²) in [6, 6.07) is 0. The van der Waals surface area contributed by atoms with Crippen LogP contribution in [0.1, 0.15) is 116 Å². The number of rotatable bonds is 25. The largest absolute Gasteiger partial charge is 0.469 e. The maximum absolute atomic E-state index is 11.0. The second kappa shape index (κ2) is 30.6. The second-order valence-electron chi connectivity index (χ2n) is 9.58. The van der Waals surface area contributed by atoms with Crippen LogP contribution in [0.4, 0.5) is 0 Å². The first-order valence-electron chi connectivity index (χ1n) is 14.8. The van der Waals surface area contributed by atoms with Gasteiger partial charge in [-0.3, -0.25) is 9.59 Å². The van der Waals surface area contributed by atoms with Crippen LogP contribution in [-0.4, -0.2) is 26.2 Å². The summed E-state index contributed by atoms with van der Waals surface area (Å²) >= 11 is 0. The molecular weight excluding hydrogens is 472 g/mol. The lowest BCUT2D eigenvalue weighted by Gasteiger charge is -2.01. The first kappa shape index (κ1) is 35.4. The molecule has 4 heteroatoms. The maximum Gasteiger partial charge on any atom is 0.305 e. The number of unbranched alkanes of at least 4 members (excludes halogenated alkanes) is 14. The Morgan fingerprint density at radius 3 is 0.974 bits per heavy atom. The molecule has 0 N–H and O–H groups in total. The minimum absolute atomic E-state index is 0.0921. The minimum Gasteiger partial charge on any atom is -0.469 e. The fourth-order valence-electron chi connectivity index (χ4n) is 3.90. The van der Waals surface area contributed by atoms with Gasteiger partial charge in [0.1, 0.15) is 0 Å². The minimum atomic E-state index is -0.0921. The molecule has 0 saturated heterocycles. The number of esters is 2. The molecule has 0 aromatic rings. The highest BCUT2D eigenvalue weighted by molar-refractivity contribution is 5.69. The van der Waals surface area contributed by atoms with E-state index in [9.17, 15) is 9.59 Å². The van der Waals surface area contributed by atoms with Gasteiger partial charge in [0.05, 0.1) is 14.2 Å². The molecule has 0 aliphatic carbocycles. The lowest BCUT2D eigenvalue weighted by atomic mass is 10.1. The molecule has 0 rings (SSSR count). The van der Waals surface area contributed by atoms with Crippen LogP contribution in [0.5, 0.6) is 0 Å². The van der Waals surface area contributed by atoms with Crippen LogP contribution < -0.4 is 0 Å². The van der Waals surface area contributed by atoms with Gasteiger partial charge in [0, 0.05) is 12.8 Å². The summed E-state index contributed by atoms with van der Waals surface area (Å²) in [7, 11) is 2.90. The Morgan fingerprint density at radius 2 is 0.658 bits per heavy atom. The molecule has 38 heavy (non-hydrogen) atoms. The van der Waals surface area contributed by atoms with Crippen LogP contribution in [0, 0.1) is 0 Å². The Labute approximate surface area is 233 Å². The quantitative estimate of drug-likeness (QED) is 0.0675. The fourth-order valence-corrected chi connectivity index (χ4v) is 3.90. The van der Waals surface area contributed by atoms with Gasteiger partial charge >= 0.3 is 11.9 Å². The Morgan fingerprint density at radius 1 is 0.395 bits per heavy atom. The molecule has 0 amide bonds. The summed E-state index contributed by atoms with van der Waals surface area (Å²) in [5.41, 5.74) is 0. The van der Waals surface area contributed by atoms with E-state index in [0.717, 1.165) is 38.5 Å². The predicted octanol–water partition coefficient (Wildman–Crippen LogP) is 9.69. The van der Waals surface area contributed by atoms with E-state index in [2.05, 4.69) is 58.1 Å². The van der Waals surface area contributed by atoms with E-state index < -0.39 is 0 Å². The number of hydrogen-bond acceptors (Lipinski definition) is 4. The monoisotopic (exact) mass is 526 g/mol. The molecule has 0 aromatic carbocycles. The van der Waals surface area contributed by atoms with E-state index in [1.54, 1.807) is 0 Å². The summed E-state index contributed by atoms with van der Waals surface area (Å²) in [6.07, 6.45) is 45.3. The van der Waals surface area contributed by atoms with Crippen LogP contribution in [0.15, 0.2) is 72.9 Å². The van der Waals surface area contributed by atoms with Crippen molar-refractivity contribution in [3.05, 3.63) is 72.9 Å². The predicted molar refractivity (Wildman–Crippen MR) is 162 cm³/mol. The second-order valence-corrected chi connectivity index (χ2v) is 9.58. The molecular formula is C34H54O4. The molecule has 0 radical (unpaired) electrons. The fraction of sp³-hybridized carbons (Fsp3) is 0.588. The topological polar surface area (TPSA) is 52.6 Å². The van der Waals surface area contributed by atoms with Gasteiger partial charge in [-0.25, -0.2) is 0 Å². The van der Waals surface area contributed by atoms with E-state index in [1.807, 2.05) is 24.3 Å². The highest BCUT2D eigenvalue weighted by Gasteiger charge is 1.99. The third-order valence-electron chi connectivity index (χ3n) is 6.23. The van der Waals surface area contributed by atoms with Crippen LogP contribution in [-0.2, 0) is 19.1 Å². The van der Waals surface area contributed by atoms with Crippen LogP contribution in [0.25, 0.3) is 0 Å². The lowest BCUT2D eigenvalue weighted by Crippen LogP contribution is -1.99. The summed E-state index contributed by atoms with van der Waals surface area (Å²) in [5.74, 6) is -0.184. The zero-order valence-corrected chi connectivity index (χ0v) is 24.3. The number of carbonyl (C=O) groups is 2. The van der Waals surface area contributed by atoms with Crippen LogP contribution in [0.2, 0.25) is 0 Å². The smallest absolute Gasteiger partial charge is 0.305 e. The lowest BCUT2D eigenvalue weighted by molar-refractivity contribution is -0.141. The van der Waals surface area contributed by atoms with Gasteiger partial charge in [-0.05, 0) is 38.5 Å². The van der Waals surface area contributed by atoms with Crippen molar-refractivity contribution in [3.8, 4) is 0 Å². The Bertz CT molecular complexity index is 663. The Kier molecular flexibility index (Phi) is 28.5. The van der Waals surface area contributed by atoms with Crippen molar-refractivity contribution in [2.45, 2.75) is 116 Å². The summed E-state index contributed by atoms with van der Waals surface area (Å²) in [4.78, 5) is 22.1. The molecule has 0 fully saturated rings. The molecule has 4 nitrogen and oxygen atoms in total. The van der Waals surface area contributed by atoms with E-state index in [4.69, 9.17) is 0 Å². The van der Waals surface area contributed by atoms with E-state index in [0.29, 0.717) is 12.8 Å². The van der Waals surface area contributed by atoms with E-state index >= 15 is 0 Å². The zero-order valence-electron chi connectivity index (χ0n) is 24.3. The normalized spacial score (nSPS) is 12.4. The molecule has 0 aliphatic heterocycles.